The maximum absolute atomic E-state index is 12.2. The second kappa shape index (κ2) is 5.54. The molecule has 2 heterocycles. The van der Waals surface area contributed by atoms with E-state index in [2.05, 4.69) is 30.6 Å². The van der Waals surface area contributed by atoms with Gasteiger partial charge >= 0.3 is 6.18 Å². The molecular formula is C9H7BrF3N3S2. The molecule has 3 nitrogen and oxygen atoms in total. The number of halogens is 4. The fourth-order valence-electron chi connectivity index (χ4n) is 1.19. The SMILES string of the molecule is FC(F)(F)c1nsc(NCCc2ccc(Br)s2)n1. The van der Waals surface area contributed by atoms with E-state index in [0.717, 1.165) is 26.6 Å². The van der Waals surface area contributed by atoms with Crippen molar-refractivity contribution in [1.82, 2.24) is 9.36 Å². The van der Waals surface area contributed by atoms with E-state index in [9.17, 15) is 13.2 Å². The number of hydrogen-bond acceptors (Lipinski definition) is 5. The Morgan fingerprint density at radius 1 is 1.33 bits per heavy atom. The monoisotopic (exact) mass is 357 g/mol. The Morgan fingerprint density at radius 2 is 2.11 bits per heavy atom. The molecule has 1 N–H and O–H groups in total. The van der Waals surface area contributed by atoms with Gasteiger partial charge in [0.25, 0.3) is 0 Å². The Bertz CT molecular complexity index is 523. The van der Waals surface area contributed by atoms with Gasteiger partial charge in [0.15, 0.2) is 0 Å². The molecular weight excluding hydrogens is 351 g/mol. The highest BCUT2D eigenvalue weighted by Gasteiger charge is 2.36. The molecule has 0 amide bonds. The summed E-state index contributed by atoms with van der Waals surface area (Å²) in [5.41, 5.74) is 0. The highest BCUT2D eigenvalue weighted by atomic mass is 79.9. The van der Waals surface area contributed by atoms with E-state index in [-0.39, 0.29) is 5.13 Å². The van der Waals surface area contributed by atoms with Crippen molar-refractivity contribution in [1.29, 1.82) is 0 Å². The average Bonchev–Trinajstić information content (AvgIpc) is 2.87. The lowest BCUT2D eigenvalue weighted by Gasteiger charge is -2.00. The third-order valence-electron chi connectivity index (χ3n) is 1.96. The van der Waals surface area contributed by atoms with Crippen LogP contribution in [0.25, 0.3) is 0 Å². The van der Waals surface area contributed by atoms with Gasteiger partial charge in [0.05, 0.1) is 3.79 Å². The van der Waals surface area contributed by atoms with E-state index < -0.39 is 12.0 Å². The molecule has 9 heteroatoms. The topological polar surface area (TPSA) is 37.8 Å². The van der Waals surface area contributed by atoms with Crippen LogP contribution in [0.5, 0.6) is 0 Å². The average molecular weight is 358 g/mol. The van der Waals surface area contributed by atoms with Crippen LogP contribution in [-0.2, 0) is 12.6 Å². The zero-order chi connectivity index (χ0) is 13.2. The van der Waals surface area contributed by atoms with Gasteiger partial charge < -0.3 is 5.32 Å². The summed E-state index contributed by atoms with van der Waals surface area (Å²) in [5, 5.41) is 3.02. The maximum Gasteiger partial charge on any atom is 0.452 e. The van der Waals surface area contributed by atoms with E-state index in [4.69, 9.17) is 0 Å². The van der Waals surface area contributed by atoms with Crippen molar-refractivity contribution in [2.45, 2.75) is 12.6 Å². The van der Waals surface area contributed by atoms with Gasteiger partial charge in [-0.25, -0.2) is 0 Å². The number of nitrogens with one attached hydrogen (secondary N) is 1. The van der Waals surface area contributed by atoms with Crippen molar-refractivity contribution in [2.75, 3.05) is 11.9 Å². The molecule has 2 rings (SSSR count). The number of rotatable bonds is 4. The van der Waals surface area contributed by atoms with Crippen molar-refractivity contribution < 1.29 is 13.2 Å². The first-order chi connectivity index (χ1) is 8.45. The van der Waals surface area contributed by atoms with Crippen LogP contribution >= 0.6 is 38.8 Å². The van der Waals surface area contributed by atoms with Gasteiger partial charge in [-0.05, 0) is 34.5 Å². The molecule has 2 aromatic rings. The number of hydrogen-bond donors (Lipinski definition) is 1. The van der Waals surface area contributed by atoms with Gasteiger partial charge in [0.2, 0.25) is 11.0 Å². The summed E-state index contributed by atoms with van der Waals surface area (Å²) in [6, 6.07) is 3.91. The maximum atomic E-state index is 12.2. The Hall–Kier alpha value is -0.670. The van der Waals surface area contributed by atoms with Crippen LogP contribution in [0.15, 0.2) is 15.9 Å². The van der Waals surface area contributed by atoms with E-state index >= 15 is 0 Å². The minimum absolute atomic E-state index is 0.193. The second-order valence-corrected chi connectivity index (χ2v) is 6.60. The number of alkyl halides is 3. The Morgan fingerprint density at radius 3 is 2.67 bits per heavy atom. The molecule has 98 valence electrons. The Labute approximate surface area is 117 Å². The molecule has 2 aromatic heterocycles. The largest absolute Gasteiger partial charge is 0.452 e. The standard InChI is InChI=1S/C9H7BrF3N3S2/c10-6-2-1-5(17-6)3-4-14-8-15-7(16-18-8)9(11,12)13/h1-2H,3-4H2,(H,14,15,16). The Kier molecular flexibility index (Phi) is 4.23. The Balaban J connectivity index is 1.85. The molecule has 0 aromatic carbocycles. The zero-order valence-corrected chi connectivity index (χ0v) is 12.0. The molecule has 0 aliphatic carbocycles. The van der Waals surface area contributed by atoms with Crippen LogP contribution in [0, 0.1) is 0 Å². The predicted octanol–water partition coefficient (Wildman–Crippen LogP) is 4.04. The molecule has 0 spiro atoms. The lowest BCUT2D eigenvalue weighted by Crippen LogP contribution is -2.08. The summed E-state index contributed by atoms with van der Waals surface area (Å²) in [4.78, 5) is 4.53. The molecule has 0 unspecified atom stereocenters. The summed E-state index contributed by atoms with van der Waals surface area (Å²) >= 11 is 5.66. The second-order valence-electron chi connectivity index (χ2n) is 3.30. The van der Waals surface area contributed by atoms with Gasteiger partial charge in [-0.3, -0.25) is 0 Å². The minimum Gasteiger partial charge on any atom is -0.360 e. The van der Waals surface area contributed by atoms with E-state index in [1.807, 2.05) is 12.1 Å². The first-order valence-electron chi connectivity index (χ1n) is 4.84. The highest BCUT2D eigenvalue weighted by molar-refractivity contribution is 9.11. The lowest BCUT2D eigenvalue weighted by molar-refractivity contribution is -0.144. The number of nitrogens with zero attached hydrogens (tertiary/aromatic N) is 2. The van der Waals surface area contributed by atoms with E-state index in [1.54, 1.807) is 11.3 Å². The summed E-state index contributed by atoms with van der Waals surface area (Å²) in [5.74, 6) is -1.09. The molecule has 18 heavy (non-hydrogen) atoms. The van der Waals surface area contributed by atoms with Crippen LogP contribution < -0.4 is 5.32 Å². The van der Waals surface area contributed by atoms with Crippen LogP contribution in [0.1, 0.15) is 10.7 Å². The van der Waals surface area contributed by atoms with Gasteiger partial charge in [0, 0.05) is 23.0 Å². The van der Waals surface area contributed by atoms with Crippen molar-refractivity contribution in [3.05, 3.63) is 26.6 Å². The number of anilines is 1. The molecule has 0 fully saturated rings. The van der Waals surface area contributed by atoms with Crippen molar-refractivity contribution in [3.8, 4) is 0 Å². The molecule has 0 radical (unpaired) electrons. The summed E-state index contributed by atoms with van der Waals surface area (Å²) < 4.78 is 41.0. The quantitative estimate of drug-likeness (QED) is 0.897. The molecule has 0 aliphatic rings. The summed E-state index contributed by atoms with van der Waals surface area (Å²) in [7, 11) is 0. The first kappa shape index (κ1) is 13.8. The van der Waals surface area contributed by atoms with Gasteiger partial charge in [-0.1, -0.05) is 0 Å². The molecule has 0 saturated carbocycles. The van der Waals surface area contributed by atoms with Crippen LogP contribution in [0.2, 0.25) is 0 Å². The third kappa shape index (κ3) is 3.66. The van der Waals surface area contributed by atoms with Gasteiger partial charge in [-0.15, -0.1) is 11.3 Å². The van der Waals surface area contributed by atoms with E-state index in [1.165, 1.54) is 0 Å². The van der Waals surface area contributed by atoms with E-state index in [0.29, 0.717) is 6.54 Å². The zero-order valence-electron chi connectivity index (χ0n) is 8.79. The predicted molar refractivity (Wildman–Crippen MR) is 69.1 cm³/mol. The first-order valence-corrected chi connectivity index (χ1v) is 7.22. The molecule has 0 bridgehead atoms. The van der Waals surface area contributed by atoms with Crippen LogP contribution in [0.3, 0.4) is 0 Å². The fraction of sp³-hybridized carbons (Fsp3) is 0.333. The van der Waals surface area contributed by atoms with Gasteiger partial charge in [0.1, 0.15) is 0 Å². The molecule has 0 atom stereocenters. The minimum atomic E-state index is -4.48. The normalized spacial score (nSPS) is 11.8. The molecule has 0 aliphatic heterocycles. The van der Waals surface area contributed by atoms with Crippen LogP contribution in [-0.4, -0.2) is 15.9 Å². The molecule has 0 saturated heterocycles. The summed E-state index contributed by atoms with van der Waals surface area (Å²) in [6.45, 7) is 0.527. The summed E-state index contributed by atoms with van der Waals surface area (Å²) in [6.07, 6.45) is -3.74. The smallest absolute Gasteiger partial charge is 0.360 e. The number of thiophene rings is 1. The van der Waals surface area contributed by atoms with Gasteiger partial charge in [-0.2, -0.15) is 22.5 Å². The lowest BCUT2D eigenvalue weighted by atomic mass is 10.3. The highest BCUT2D eigenvalue weighted by Crippen LogP contribution is 2.29. The third-order valence-corrected chi connectivity index (χ3v) is 4.31. The van der Waals surface area contributed by atoms with Crippen molar-refractivity contribution in [3.63, 3.8) is 0 Å². The van der Waals surface area contributed by atoms with Crippen molar-refractivity contribution >= 4 is 43.9 Å². The van der Waals surface area contributed by atoms with Crippen molar-refractivity contribution in [2.24, 2.45) is 0 Å². The van der Waals surface area contributed by atoms with Crippen LogP contribution in [0.4, 0.5) is 18.3 Å². The number of aromatic nitrogens is 2. The fourth-order valence-corrected chi connectivity index (χ4v) is 3.28.